The van der Waals surface area contributed by atoms with Gasteiger partial charge in [-0.15, -0.1) is 5.11 Å². The monoisotopic (exact) mass is 313 g/mol. The average molecular weight is 313 g/mol. The minimum Gasteiger partial charge on any atom is -0.510 e. The molecule has 9 heteroatoms. The predicted octanol–water partition coefficient (Wildman–Crippen LogP) is 1.77. The first-order chi connectivity index (χ1) is 9.75. The SMILES string of the molecule is CCOC(=O)C(N=Nc1ccc(S(N)(=O)=O)cc1)=C(C)O. The van der Waals surface area contributed by atoms with Crippen LogP contribution in [-0.4, -0.2) is 26.1 Å². The van der Waals surface area contributed by atoms with Crippen molar-refractivity contribution in [1.82, 2.24) is 0 Å². The molecule has 0 unspecified atom stereocenters. The standard InChI is InChI=1S/C12H15N3O5S/c1-3-20-12(17)11(8(2)16)15-14-9-4-6-10(7-5-9)21(13,18)19/h4-7,16H,3H2,1-2H3,(H2,13,18,19). The number of ether oxygens (including phenoxy) is 1. The number of carbonyl (C=O) groups excluding carboxylic acids is 1. The van der Waals surface area contributed by atoms with Crippen molar-refractivity contribution in [3.63, 3.8) is 0 Å². The molecular formula is C12H15N3O5S. The fourth-order valence-electron chi connectivity index (χ4n) is 1.27. The van der Waals surface area contributed by atoms with Crippen LogP contribution in [0.15, 0.2) is 50.8 Å². The second-order valence-electron chi connectivity index (χ2n) is 3.89. The molecule has 0 bridgehead atoms. The number of nitrogens with two attached hydrogens (primary N) is 1. The Bertz CT molecular complexity index is 673. The van der Waals surface area contributed by atoms with E-state index in [1.165, 1.54) is 31.2 Å². The number of esters is 1. The fraction of sp³-hybridized carbons (Fsp3) is 0.250. The van der Waals surface area contributed by atoms with Gasteiger partial charge in [-0.05, 0) is 38.1 Å². The first kappa shape index (κ1) is 16.8. The van der Waals surface area contributed by atoms with E-state index in [-0.39, 0.29) is 28.6 Å². The lowest BCUT2D eigenvalue weighted by atomic mass is 10.3. The number of hydrogen-bond acceptors (Lipinski definition) is 7. The van der Waals surface area contributed by atoms with Gasteiger partial charge in [-0.3, -0.25) is 0 Å². The van der Waals surface area contributed by atoms with E-state index in [1.807, 2.05) is 0 Å². The molecule has 0 saturated carbocycles. The van der Waals surface area contributed by atoms with Crippen LogP contribution in [0.1, 0.15) is 13.8 Å². The van der Waals surface area contributed by atoms with Gasteiger partial charge in [0.2, 0.25) is 15.7 Å². The van der Waals surface area contributed by atoms with Crippen LogP contribution in [0.2, 0.25) is 0 Å². The number of benzene rings is 1. The molecule has 0 aliphatic rings. The van der Waals surface area contributed by atoms with E-state index in [9.17, 15) is 18.3 Å². The van der Waals surface area contributed by atoms with E-state index in [0.29, 0.717) is 0 Å². The van der Waals surface area contributed by atoms with E-state index in [2.05, 4.69) is 10.2 Å². The number of allylic oxidation sites excluding steroid dienone is 1. The number of azo groups is 1. The third-order valence-electron chi connectivity index (χ3n) is 2.24. The van der Waals surface area contributed by atoms with Crippen molar-refractivity contribution >= 4 is 21.7 Å². The van der Waals surface area contributed by atoms with Gasteiger partial charge in [0.1, 0.15) is 5.76 Å². The van der Waals surface area contributed by atoms with Crippen LogP contribution in [-0.2, 0) is 19.6 Å². The van der Waals surface area contributed by atoms with Gasteiger partial charge in [0.25, 0.3) is 0 Å². The minimum absolute atomic E-state index is 0.0686. The van der Waals surface area contributed by atoms with Crippen molar-refractivity contribution in [2.24, 2.45) is 15.4 Å². The predicted molar refractivity (Wildman–Crippen MR) is 74.3 cm³/mol. The van der Waals surface area contributed by atoms with Gasteiger partial charge in [0, 0.05) is 0 Å². The summed E-state index contributed by atoms with van der Waals surface area (Å²) in [5.41, 5.74) is -0.0437. The molecule has 0 radical (unpaired) electrons. The zero-order valence-corrected chi connectivity index (χ0v) is 12.3. The molecule has 0 fully saturated rings. The Labute approximate surface area is 122 Å². The third kappa shape index (κ3) is 4.97. The fourth-order valence-corrected chi connectivity index (χ4v) is 1.79. The summed E-state index contributed by atoms with van der Waals surface area (Å²) in [7, 11) is -3.78. The zero-order chi connectivity index (χ0) is 16.0. The minimum atomic E-state index is -3.78. The summed E-state index contributed by atoms with van der Waals surface area (Å²) in [5.74, 6) is -1.14. The molecule has 0 heterocycles. The summed E-state index contributed by atoms with van der Waals surface area (Å²) < 4.78 is 26.9. The summed E-state index contributed by atoms with van der Waals surface area (Å²) in [4.78, 5) is 11.4. The second-order valence-corrected chi connectivity index (χ2v) is 5.45. The third-order valence-corrected chi connectivity index (χ3v) is 3.17. The highest BCUT2D eigenvalue weighted by Crippen LogP contribution is 2.18. The normalized spacial score (nSPS) is 13.1. The number of sulfonamides is 1. The first-order valence-electron chi connectivity index (χ1n) is 5.87. The number of rotatable bonds is 5. The number of primary sulfonamides is 1. The first-order valence-corrected chi connectivity index (χ1v) is 7.42. The number of hydrogen-bond donors (Lipinski definition) is 2. The van der Waals surface area contributed by atoms with Crippen LogP contribution >= 0.6 is 0 Å². The molecular weight excluding hydrogens is 298 g/mol. The summed E-state index contributed by atoms with van der Waals surface area (Å²) in [6.07, 6.45) is 0. The lowest BCUT2D eigenvalue weighted by Gasteiger charge is -2.02. The van der Waals surface area contributed by atoms with E-state index in [0.717, 1.165) is 0 Å². The maximum absolute atomic E-state index is 11.5. The zero-order valence-electron chi connectivity index (χ0n) is 11.5. The Kier molecular flexibility index (Phi) is 5.56. The summed E-state index contributed by atoms with van der Waals surface area (Å²) >= 11 is 0. The van der Waals surface area contributed by atoms with Gasteiger partial charge in [-0.2, -0.15) is 5.11 Å². The van der Waals surface area contributed by atoms with E-state index in [4.69, 9.17) is 9.88 Å². The smallest absolute Gasteiger partial charge is 0.362 e. The Morgan fingerprint density at radius 3 is 2.33 bits per heavy atom. The van der Waals surface area contributed by atoms with Crippen LogP contribution in [0, 0.1) is 0 Å². The summed E-state index contributed by atoms with van der Waals surface area (Å²) in [5, 5.41) is 21.7. The number of aliphatic hydroxyl groups is 1. The number of nitrogens with zero attached hydrogens (tertiary/aromatic N) is 2. The molecule has 0 aromatic heterocycles. The number of aliphatic hydroxyl groups excluding tert-OH is 1. The van der Waals surface area contributed by atoms with Gasteiger partial charge in [0.05, 0.1) is 17.2 Å². The quantitative estimate of drug-likeness (QED) is 0.370. The summed E-state index contributed by atoms with van der Waals surface area (Å²) in [6, 6.07) is 5.23. The molecule has 1 aromatic carbocycles. The molecule has 0 spiro atoms. The maximum atomic E-state index is 11.5. The molecule has 0 aliphatic heterocycles. The van der Waals surface area contributed by atoms with Gasteiger partial charge < -0.3 is 9.84 Å². The highest BCUT2D eigenvalue weighted by atomic mass is 32.2. The van der Waals surface area contributed by atoms with Gasteiger partial charge in [0.15, 0.2) is 0 Å². The second kappa shape index (κ2) is 6.95. The molecule has 21 heavy (non-hydrogen) atoms. The highest BCUT2D eigenvalue weighted by Gasteiger charge is 2.14. The maximum Gasteiger partial charge on any atom is 0.362 e. The van der Waals surface area contributed by atoms with Gasteiger partial charge in [-0.25, -0.2) is 18.4 Å². The van der Waals surface area contributed by atoms with E-state index in [1.54, 1.807) is 6.92 Å². The van der Waals surface area contributed by atoms with Crippen molar-refractivity contribution in [3.05, 3.63) is 35.7 Å². The van der Waals surface area contributed by atoms with Crippen molar-refractivity contribution in [2.75, 3.05) is 6.61 Å². The van der Waals surface area contributed by atoms with Crippen molar-refractivity contribution in [3.8, 4) is 0 Å². The van der Waals surface area contributed by atoms with Crippen LogP contribution < -0.4 is 5.14 Å². The van der Waals surface area contributed by atoms with Crippen molar-refractivity contribution in [1.29, 1.82) is 0 Å². The van der Waals surface area contributed by atoms with Gasteiger partial charge >= 0.3 is 5.97 Å². The molecule has 0 atom stereocenters. The molecule has 1 rings (SSSR count). The molecule has 0 amide bonds. The van der Waals surface area contributed by atoms with Crippen LogP contribution in [0.5, 0.6) is 0 Å². The molecule has 0 aliphatic carbocycles. The van der Waals surface area contributed by atoms with Crippen molar-refractivity contribution < 1.29 is 23.1 Å². The lowest BCUT2D eigenvalue weighted by Crippen LogP contribution is -2.11. The Hall–Kier alpha value is -2.26. The number of carbonyl (C=O) groups is 1. The molecule has 8 nitrogen and oxygen atoms in total. The summed E-state index contributed by atoms with van der Waals surface area (Å²) in [6.45, 7) is 3.02. The van der Waals surface area contributed by atoms with Crippen LogP contribution in [0.4, 0.5) is 5.69 Å². The highest BCUT2D eigenvalue weighted by molar-refractivity contribution is 7.89. The van der Waals surface area contributed by atoms with Crippen LogP contribution in [0.25, 0.3) is 0 Å². The Morgan fingerprint density at radius 1 is 1.33 bits per heavy atom. The van der Waals surface area contributed by atoms with Gasteiger partial charge in [-0.1, -0.05) is 0 Å². The molecule has 1 aromatic rings. The van der Waals surface area contributed by atoms with Crippen LogP contribution in [0.3, 0.4) is 0 Å². The average Bonchev–Trinajstić information content (AvgIpc) is 2.38. The lowest BCUT2D eigenvalue weighted by molar-refractivity contribution is -0.138. The Morgan fingerprint density at radius 2 is 1.90 bits per heavy atom. The van der Waals surface area contributed by atoms with Crippen molar-refractivity contribution in [2.45, 2.75) is 18.7 Å². The topological polar surface area (TPSA) is 131 Å². The molecule has 114 valence electrons. The molecule has 0 saturated heterocycles. The van der Waals surface area contributed by atoms with E-state index < -0.39 is 16.0 Å². The largest absolute Gasteiger partial charge is 0.510 e. The Balaban J connectivity index is 2.98. The van der Waals surface area contributed by atoms with E-state index >= 15 is 0 Å². The molecule has 3 N–H and O–H groups in total.